The Labute approximate surface area is 158 Å². The van der Waals surface area contributed by atoms with E-state index in [1.807, 2.05) is 30.3 Å². The van der Waals surface area contributed by atoms with E-state index in [-0.39, 0.29) is 21.6 Å². The fraction of sp³-hybridized carbons (Fsp3) is 0.263. The van der Waals surface area contributed by atoms with Crippen molar-refractivity contribution < 1.29 is 19.1 Å². The van der Waals surface area contributed by atoms with Gasteiger partial charge in [-0.1, -0.05) is 0 Å². The number of hydrogen-bond acceptors (Lipinski definition) is 4. The van der Waals surface area contributed by atoms with Crippen LogP contribution in [0.4, 0.5) is 0 Å². The third kappa shape index (κ3) is 6.54. The van der Waals surface area contributed by atoms with Crippen LogP contribution in [0.5, 0.6) is 0 Å². The summed E-state index contributed by atoms with van der Waals surface area (Å²) in [5.41, 5.74) is 1.51. The van der Waals surface area contributed by atoms with Gasteiger partial charge in [-0.05, 0) is 0 Å². The Balaban J connectivity index is 1.97. The molecule has 0 amide bonds. The van der Waals surface area contributed by atoms with Gasteiger partial charge in [0.1, 0.15) is 0 Å². The average molecular weight is 426 g/mol. The van der Waals surface area contributed by atoms with Crippen LogP contribution in [0.2, 0.25) is 10.3 Å². The molecule has 25 heavy (non-hydrogen) atoms. The third-order valence-corrected chi connectivity index (χ3v) is 5.65. The zero-order valence-electron chi connectivity index (χ0n) is 13.8. The molecule has 0 saturated carbocycles. The number of esters is 2. The molecule has 2 aromatic rings. The second-order valence-electron chi connectivity index (χ2n) is 5.11. The minimum atomic E-state index is -0.859. The number of hydrogen-bond donors (Lipinski definition) is 0. The summed E-state index contributed by atoms with van der Waals surface area (Å²) >= 11 is 5.67. The van der Waals surface area contributed by atoms with Crippen LogP contribution in [0.15, 0.2) is 54.6 Å². The van der Waals surface area contributed by atoms with Crippen molar-refractivity contribution in [3.05, 3.63) is 70.7 Å². The van der Waals surface area contributed by atoms with Gasteiger partial charge >= 0.3 is 159 Å². The van der Waals surface area contributed by atoms with E-state index in [0.717, 1.165) is 11.7 Å². The maximum absolute atomic E-state index is 12.3. The summed E-state index contributed by atoms with van der Waals surface area (Å²) in [6, 6.07) is 16.4. The molecule has 0 aliphatic carbocycles. The zero-order valence-corrected chi connectivity index (χ0v) is 16.3. The molecule has 2 rings (SSSR count). The first-order valence-corrected chi connectivity index (χ1v) is 10.5. The molecule has 0 fully saturated rings. The van der Waals surface area contributed by atoms with Gasteiger partial charge in [-0.25, -0.2) is 0 Å². The monoisotopic (exact) mass is 426 g/mol. The van der Waals surface area contributed by atoms with Crippen molar-refractivity contribution >= 4 is 38.5 Å². The first-order chi connectivity index (χ1) is 12.1. The van der Waals surface area contributed by atoms with Crippen molar-refractivity contribution in [1.82, 2.24) is 0 Å². The van der Waals surface area contributed by atoms with E-state index in [1.54, 1.807) is 25.1 Å². The third-order valence-electron chi connectivity index (χ3n) is 3.26. The number of carbonyl (C=O) groups excluding carboxylic acids is 2. The van der Waals surface area contributed by atoms with Gasteiger partial charge in [0, 0.05) is 0 Å². The minimum absolute atomic E-state index is 0.226. The van der Waals surface area contributed by atoms with Gasteiger partial charge in [0.25, 0.3) is 0 Å². The Morgan fingerprint density at radius 2 is 1.88 bits per heavy atom. The summed E-state index contributed by atoms with van der Waals surface area (Å²) in [5.74, 6) is -1.06. The molecule has 0 aliphatic rings. The van der Waals surface area contributed by atoms with Gasteiger partial charge in [-0.15, -0.1) is 0 Å². The van der Waals surface area contributed by atoms with Gasteiger partial charge in [0.15, 0.2) is 0 Å². The standard InChI is InChI=1S/C19H19ClO4Se/c1-2-23-18(22)19(25-12-11-14-7-4-3-5-8-14)24-17(21)15-9-6-10-16(20)13-15/h3-10,13,19H,2,11-12H2,1H3. The number of ether oxygens (including phenoxy) is 2. The van der Waals surface area contributed by atoms with Crippen LogP contribution in [0.3, 0.4) is 0 Å². The van der Waals surface area contributed by atoms with Crippen molar-refractivity contribution in [1.29, 1.82) is 0 Å². The molecule has 0 radical (unpaired) electrons. The summed E-state index contributed by atoms with van der Waals surface area (Å²) in [7, 11) is 0. The molecule has 0 aromatic heterocycles. The summed E-state index contributed by atoms with van der Waals surface area (Å²) in [6.07, 6.45) is 0.825. The number of aryl methyl sites for hydroxylation is 1. The van der Waals surface area contributed by atoms with Gasteiger partial charge in [0.05, 0.1) is 0 Å². The molecule has 6 heteroatoms. The molecular weight excluding hydrogens is 407 g/mol. The summed E-state index contributed by atoms with van der Waals surface area (Å²) in [6.45, 7) is 1.98. The Bertz CT molecular complexity index is 706. The SMILES string of the molecule is CCOC(=O)C(OC(=O)c1cccc(Cl)c1)[Se]CCc1ccccc1. The van der Waals surface area contributed by atoms with Crippen LogP contribution in [0.1, 0.15) is 22.8 Å². The molecule has 2 aromatic carbocycles. The molecule has 0 aliphatic heterocycles. The molecule has 0 bridgehead atoms. The fourth-order valence-electron chi connectivity index (χ4n) is 2.07. The number of carbonyl (C=O) groups is 2. The normalized spacial score (nSPS) is 11.6. The quantitative estimate of drug-likeness (QED) is 0.477. The van der Waals surface area contributed by atoms with Crippen molar-refractivity contribution in [2.24, 2.45) is 0 Å². The summed E-state index contributed by atoms with van der Waals surface area (Å²) in [4.78, 5) is 24.4. The Morgan fingerprint density at radius 3 is 2.56 bits per heavy atom. The van der Waals surface area contributed by atoms with Crippen molar-refractivity contribution in [2.45, 2.75) is 23.7 Å². The number of halogens is 1. The van der Waals surface area contributed by atoms with Crippen molar-refractivity contribution in [3.63, 3.8) is 0 Å². The molecule has 0 heterocycles. The Morgan fingerprint density at radius 1 is 1.12 bits per heavy atom. The van der Waals surface area contributed by atoms with Gasteiger partial charge < -0.3 is 0 Å². The van der Waals surface area contributed by atoms with Crippen molar-refractivity contribution in [3.8, 4) is 0 Å². The Hall–Kier alpha value is -1.81. The van der Waals surface area contributed by atoms with E-state index in [0.29, 0.717) is 10.6 Å². The molecule has 1 atom stereocenters. The van der Waals surface area contributed by atoms with Crippen molar-refractivity contribution in [2.75, 3.05) is 6.61 Å². The molecule has 0 N–H and O–H groups in total. The number of rotatable bonds is 8. The Kier molecular flexibility index (Phi) is 7.99. The van der Waals surface area contributed by atoms with Crippen LogP contribution >= 0.6 is 11.6 Å². The second kappa shape index (κ2) is 10.2. The van der Waals surface area contributed by atoms with Gasteiger partial charge in [0.2, 0.25) is 0 Å². The van der Waals surface area contributed by atoms with E-state index in [1.165, 1.54) is 11.6 Å². The number of benzene rings is 2. The predicted molar refractivity (Wildman–Crippen MR) is 98.0 cm³/mol. The van der Waals surface area contributed by atoms with Gasteiger partial charge in [-0.3, -0.25) is 0 Å². The van der Waals surface area contributed by atoms with Crippen LogP contribution < -0.4 is 0 Å². The second-order valence-corrected chi connectivity index (χ2v) is 8.00. The first-order valence-electron chi connectivity index (χ1n) is 7.89. The molecule has 4 nitrogen and oxygen atoms in total. The fourth-order valence-corrected chi connectivity index (χ4v) is 4.21. The van der Waals surface area contributed by atoms with Crippen LogP contribution in [-0.4, -0.2) is 38.5 Å². The van der Waals surface area contributed by atoms with Crippen LogP contribution in [-0.2, 0) is 20.7 Å². The predicted octanol–water partition coefficient (Wildman–Crippen LogP) is 3.75. The van der Waals surface area contributed by atoms with Gasteiger partial charge in [-0.2, -0.15) is 0 Å². The summed E-state index contributed by atoms with van der Waals surface area (Å²) in [5, 5.41) is 0.350. The van der Waals surface area contributed by atoms with E-state index in [2.05, 4.69) is 0 Å². The van der Waals surface area contributed by atoms with Crippen LogP contribution in [0, 0.1) is 0 Å². The molecule has 0 spiro atoms. The molecule has 1 unspecified atom stereocenters. The van der Waals surface area contributed by atoms with E-state index < -0.39 is 16.9 Å². The molecule has 0 saturated heterocycles. The summed E-state index contributed by atoms with van der Waals surface area (Å²) < 4.78 is 10.4. The van der Waals surface area contributed by atoms with E-state index in [4.69, 9.17) is 21.1 Å². The molecule has 132 valence electrons. The topological polar surface area (TPSA) is 52.6 Å². The van der Waals surface area contributed by atoms with Crippen LogP contribution in [0.25, 0.3) is 0 Å². The zero-order chi connectivity index (χ0) is 18.1. The average Bonchev–Trinajstić information content (AvgIpc) is 2.62. The molecular formula is C19H19ClO4Se. The first kappa shape index (κ1) is 19.5. The van der Waals surface area contributed by atoms with E-state index >= 15 is 0 Å². The maximum atomic E-state index is 12.3. The van der Waals surface area contributed by atoms with E-state index in [9.17, 15) is 9.59 Å².